The van der Waals surface area contributed by atoms with Crippen LogP contribution >= 0.6 is 0 Å². The smallest absolute Gasteiger partial charge is 0.119 e. The van der Waals surface area contributed by atoms with Crippen molar-refractivity contribution in [1.82, 2.24) is 9.80 Å². The summed E-state index contributed by atoms with van der Waals surface area (Å²) in [6, 6.07) is 11.4. The lowest BCUT2D eigenvalue weighted by molar-refractivity contribution is 0.126. The van der Waals surface area contributed by atoms with Gasteiger partial charge >= 0.3 is 0 Å². The Balaban J connectivity index is 1.50. The predicted octanol–water partition coefficient (Wildman–Crippen LogP) is 8.54. The highest BCUT2D eigenvalue weighted by molar-refractivity contribution is 5.65. The van der Waals surface area contributed by atoms with Gasteiger partial charge in [0.05, 0.1) is 6.10 Å². The summed E-state index contributed by atoms with van der Waals surface area (Å²) in [7, 11) is 0. The Morgan fingerprint density at radius 3 is 2.25 bits per heavy atom. The third-order valence-corrected chi connectivity index (χ3v) is 9.34. The zero-order chi connectivity index (χ0) is 28.5. The monoisotopic (exact) mass is 542 g/mol. The highest BCUT2D eigenvalue weighted by Gasteiger charge is 2.19. The third-order valence-electron chi connectivity index (χ3n) is 9.34. The summed E-state index contributed by atoms with van der Waals surface area (Å²) in [5.41, 5.74) is 10.9. The standard InChI is InChI=1S/C37H54N2O/c1-7-37-31(5)26-35-27-34(37)14-8-9-15-36(40-32(6)33-17-16-28(2)30(4)25-33)18-22-39-21-12-20-38(23-24-39)19-11-10-13-29(35)3/h16-17,25-27,36H,3,6-15,18-24H2,1-2,4-5H3. The molecule has 3 heteroatoms. The highest BCUT2D eigenvalue weighted by atomic mass is 16.5. The molecule has 0 saturated carbocycles. The average molecular weight is 543 g/mol. The van der Waals surface area contributed by atoms with Crippen molar-refractivity contribution in [2.45, 2.75) is 98.0 Å². The van der Waals surface area contributed by atoms with Gasteiger partial charge in [-0.05, 0) is 150 Å². The fraction of sp³-hybridized carbons (Fsp3) is 0.568. The van der Waals surface area contributed by atoms with E-state index in [2.05, 4.69) is 81.0 Å². The first-order chi connectivity index (χ1) is 19.3. The normalized spacial score (nSPS) is 23.5. The number of aryl methyl sites for hydroxylation is 4. The molecule has 2 aliphatic rings. The Morgan fingerprint density at radius 1 is 0.775 bits per heavy atom. The molecule has 1 fully saturated rings. The molecule has 4 rings (SSSR count). The summed E-state index contributed by atoms with van der Waals surface area (Å²) in [4.78, 5) is 5.36. The molecule has 0 amide bonds. The minimum absolute atomic E-state index is 0.203. The van der Waals surface area contributed by atoms with Crippen molar-refractivity contribution in [3.63, 3.8) is 0 Å². The molecule has 2 heterocycles. The number of benzene rings is 2. The summed E-state index contributed by atoms with van der Waals surface area (Å²) in [6.07, 6.45) is 11.8. The van der Waals surface area contributed by atoms with Crippen LogP contribution in [0.3, 0.4) is 0 Å². The number of fused-ring (bicyclic) bond motifs is 5. The van der Waals surface area contributed by atoms with Gasteiger partial charge in [0, 0.05) is 25.2 Å². The molecule has 3 nitrogen and oxygen atoms in total. The number of allylic oxidation sites excluding steroid dienone is 1. The van der Waals surface area contributed by atoms with Crippen LogP contribution in [0.2, 0.25) is 0 Å². The SMILES string of the molecule is C=C1CCCCN2CCCN(CCC(OC(=C)c3ccc(C)c(C)c3)CCCCc3cc1cc(C)c3CC)CC2. The Hall–Kier alpha value is -2.36. The number of nitrogens with zero attached hydrogens (tertiary/aromatic N) is 2. The van der Waals surface area contributed by atoms with Crippen molar-refractivity contribution in [2.24, 2.45) is 0 Å². The first kappa shape index (κ1) is 30.6. The number of hydrogen-bond donors (Lipinski definition) is 0. The predicted molar refractivity (Wildman–Crippen MR) is 173 cm³/mol. The quantitative estimate of drug-likeness (QED) is 0.360. The first-order valence-electron chi connectivity index (χ1n) is 16.0. The van der Waals surface area contributed by atoms with Crippen molar-refractivity contribution >= 4 is 11.3 Å². The van der Waals surface area contributed by atoms with E-state index in [-0.39, 0.29) is 6.10 Å². The third kappa shape index (κ3) is 8.57. The van der Waals surface area contributed by atoms with Gasteiger partial charge in [0.1, 0.15) is 5.76 Å². The second-order valence-corrected chi connectivity index (χ2v) is 12.4. The van der Waals surface area contributed by atoms with E-state index in [9.17, 15) is 0 Å². The molecule has 0 aromatic heterocycles. The van der Waals surface area contributed by atoms with Gasteiger partial charge in [0.15, 0.2) is 0 Å². The van der Waals surface area contributed by atoms with E-state index in [0.29, 0.717) is 0 Å². The molecule has 0 radical (unpaired) electrons. The van der Waals surface area contributed by atoms with Crippen molar-refractivity contribution in [3.8, 4) is 0 Å². The van der Waals surface area contributed by atoms with Crippen molar-refractivity contribution in [1.29, 1.82) is 0 Å². The number of ether oxygens (including phenoxy) is 1. The van der Waals surface area contributed by atoms with Gasteiger partial charge < -0.3 is 14.5 Å². The maximum Gasteiger partial charge on any atom is 0.119 e. The van der Waals surface area contributed by atoms with E-state index >= 15 is 0 Å². The zero-order valence-corrected chi connectivity index (χ0v) is 26.0. The molecular weight excluding hydrogens is 488 g/mol. The molecule has 40 heavy (non-hydrogen) atoms. The van der Waals surface area contributed by atoms with Crippen LogP contribution in [-0.4, -0.2) is 55.2 Å². The fourth-order valence-electron chi connectivity index (χ4n) is 6.57. The average Bonchev–Trinajstić information content (AvgIpc) is 3.17. The van der Waals surface area contributed by atoms with Gasteiger partial charge in [-0.15, -0.1) is 0 Å². The van der Waals surface area contributed by atoms with Crippen LogP contribution in [0.4, 0.5) is 0 Å². The van der Waals surface area contributed by atoms with Gasteiger partial charge in [0.2, 0.25) is 0 Å². The molecule has 218 valence electrons. The maximum atomic E-state index is 6.65. The van der Waals surface area contributed by atoms with E-state index in [0.717, 1.165) is 50.0 Å². The highest BCUT2D eigenvalue weighted by Crippen LogP contribution is 2.28. The van der Waals surface area contributed by atoms with E-state index in [1.165, 1.54) is 104 Å². The summed E-state index contributed by atoms with van der Waals surface area (Å²) in [5, 5.41) is 0. The Labute approximate surface area is 245 Å². The molecule has 0 spiro atoms. The zero-order valence-electron chi connectivity index (χ0n) is 26.0. The van der Waals surface area contributed by atoms with Crippen LogP contribution in [-0.2, 0) is 17.6 Å². The largest absolute Gasteiger partial charge is 0.490 e. The van der Waals surface area contributed by atoms with Crippen LogP contribution in [0.5, 0.6) is 0 Å². The molecule has 0 aliphatic carbocycles. The summed E-state index contributed by atoms with van der Waals surface area (Å²) >= 11 is 0. The number of rotatable bonds is 4. The minimum atomic E-state index is 0.203. The van der Waals surface area contributed by atoms with Crippen LogP contribution in [0.25, 0.3) is 11.3 Å². The molecule has 2 aromatic rings. The van der Waals surface area contributed by atoms with Crippen molar-refractivity contribution < 1.29 is 4.74 Å². The van der Waals surface area contributed by atoms with Gasteiger partial charge in [-0.25, -0.2) is 0 Å². The molecule has 2 aliphatic heterocycles. The second kappa shape index (κ2) is 15.0. The maximum absolute atomic E-state index is 6.65. The Morgan fingerprint density at radius 2 is 1.50 bits per heavy atom. The summed E-state index contributed by atoms with van der Waals surface area (Å²) in [6.45, 7) is 24.9. The van der Waals surface area contributed by atoms with E-state index in [1.54, 1.807) is 0 Å². The van der Waals surface area contributed by atoms with Crippen LogP contribution in [0.15, 0.2) is 43.5 Å². The molecule has 4 bridgehead atoms. The van der Waals surface area contributed by atoms with Gasteiger partial charge in [-0.3, -0.25) is 0 Å². The molecule has 2 aromatic carbocycles. The van der Waals surface area contributed by atoms with E-state index in [1.807, 2.05) is 0 Å². The Bertz CT molecular complexity index is 1150. The minimum Gasteiger partial charge on any atom is -0.490 e. The van der Waals surface area contributed by atoms with Gasteiger partial charge in [-0.2, -0.15) is 0 Å². The lowest BCUT2D eigenvalue weighted by atomic mass is 9.90. The van der Waals surface area contributed by atoms with Crippen LogP contribution in [0.1, 0.15) is 97.2 Å². The number of hydrogen-bond acceptors (Lipinski definition) is 3. The Kier molecular flexibility index (Phi) is 11.5. The summed E-state index contributed by atoms with van der Waals surface area (Å²) in [5.74, 6) is 0.823. The molecule has 0 N–H and O–H groups in total. The van der Waals surface area contributed by atoms with E-state index < -0.39 is 0 Å². The topological polar surface area (TPSA) is 15.7 Å². The van der Waals surface area contributed by atoms with Gasteiger partial charge in [-0.1, -0.05) is 44.3 Å². The van der Waals surface area contributed by atoms with Gasteiger partial charge in [0.25, 0.3) is 0 Å². The van der Waals surface area contributed by atoms with Crippen LogP contribution < -0.4 is 0 Å². The lowest BCUT2D eigenvalue weighted by Gasteiger charge is -2.26. The lowest BCUT2D eigenvalue weighted by Crippen LogP contribution is -2.33. The molecule has 3 atom stereocenters. The molecule has 1 saturated heterocycles. The second-order valence-electron chi connectivity index (χ2n) is 12.4. The first-order valence-corrected chi connectivity index (χ1v) is 16.0. The fourth-order valence-corrected chi connectivity index (χ4v) is 6.57. The molecular formula is C37H54N2O. The van der Waals surface area contributed by atoms with Crippen molar-refractivity contribution in [2.75, 3.05) is 39.3 Å². The van der Waals surface area contributed by atoms with E-state index in [4.69, 9.17) is 4.74 Å². The van der Waals surface area contributed by atoms with Crippen LogP contribution in [0, 0.1) is 20.8 Å². The molecule has 3 unspecified atom stereocenters. The van der Waals surface area contributed by atoms with Crippen molar-refractivity contribution in [3.05, 3.63) is 82.4 Å². The summed E-state index contributed by atoms with van der Waals surface area (Å²) < 4.78 is 6.65.